The molecule has 0 unspecified atom stereocenters. The second-order valence-corrected chi connectivity index (χ2v) is 2.97. The molecule has 1 N–H and O–H groups in total. The molecule has 0 aliphatic rings. The molecule has 1 aromatic rings. The average Bonchev–Trinajstić information content (AvgIpc) is 2.19. The Hall–Kier alpha value is -1.22. The van der Waals surface area contributed by atoms with E-state index in [1.54, 1.807) is 14.2 Å². The number of hydrogen-bond acceptors (Lipinski definition) is 3. The molecule has 0 bridgehead atoms. The zero-order valence-corrected chi connectivity index (χ0v) is 8.89. The van der Waals surface area contributed by atoms with Gasteiger partial charge in [-0.1, -0.05) is 6.07 Å². The lowest BCUT2D eigenvalue weighted by atomic mass is 10.1. The van der Waals surface area contributed by atoms with E-state index in [-0.39, 0.29) is 0 Å². The molecule has 14 heavy (non-hydrogen) atoms. The molecule has 1 aromatic carbocycles. The molecule has 0 amide bonds. The summed E-state index contributed by atoms with van der Waals surface area (Å²) in [7, 11) is 5.17. The molecule has 0 fully saturated rings. The highest BCUT2D eigenvalue weighted by Crippen LogP contribution is 2.31. The third kappa shape index (κ3) is 1.99. The number of ether oxygens (including phenoxy) is 2. The van der Waals surface area contributed by atoms with E-state index in [1.165, 1.54) is 0 Å². The summed E-state index contributed by atoms with van der Waals surface area (Å²) in [6.45, 7) is 4.61. The van der Waals surface area contributed by atoms with Crippen LogP contribution in [0.2, 0.25) is 0 Å². The van der Waals surface area contributed by atoms with Crippen molar-refractivity contribution in [1.82, 2.24) is 5.32 Å². The summed E-state index contributed by atoms with van der Waals surface area (Å²) < 4.78 is 10.5. The van der Waals surface area contributed by atoms with Crippen molar-refractivity contribution < 1.29 is 9.47 Å². The zero-order chi connectivity index (χ0) is 10.6. The summed E-state index contributed by atoms with van der Waals surface area (Å²) in [4.78, 5) is 0. The van der Waals surface area contributed by atoms with Crippen molar-refractivity contribution in [3.8, 4) is 11.5 Å². The number of benzene rings is 1. The first kappa shape index (κ1) is 10.9. The summed E-state index contributed by atoms with van der Waals surface area (Å²) in [5.41, 5.74) is 1.88. The minimum atomic E-state index is 0.704. The molecule has 0 saturated carbocycles. The Labute approximate surface area is 85.0 Å². The summed E-state index contributed by atoms with van der Waals surface area (Å²) >= 11 is 0. The maximum absolute atomic E-state index is 5.29. The minimum Gasteiger partial charge on any atom is -0.496 e. The van der Waals surface area contributed by atoms with E-state index in [0.717, 1.165) is 22.6 Å². The Balaban J connectivity index is 3.21. The third-order valence-electron chi connectivity index (χ3n) is 2.08. The lowest BCUT2D eigenvalue weighted by Crippen LogP contribution is -2.09. The van der Waals surface area contributed by atoms with Crippen LogP contribution in [0.1, 0.15) is 11.1 Å². The highest BCUT2D eigenvalue weighted by atomic mass is 16.5. The summed E-state index contributed by atoms with van der Waals surface area (Å²) in [5, 5.41) is 3.07. The fraction of sp³-hybridized carbons (Fsp3) is 0.364. The van der Waals surface area contributed by atoms with Gasteiger partial charge in [0, 0.05) is 6.54 Å². The van der Waals surface area contributed by atoms with Crippen LogP contribution in [0.3, 0.4) is 0 Å². The smallest absolute Gasteiger partial charge is 0.130 e. The van der Waals surface area contributed by atoms with Crippen molar-refractivity contribution in [3.63, 3.8) is 0 Å². The fourth-order valence-electron chi connectivity index (χ4n) is 1.45. The molecule has 0 aliphatic heterocycles. The van der Waals surface area contributed by atoms with Crippen LogP contribution in [-0.4, -0.2) is 21.3 Å². The molecule has 3 heteroatoms. The van der Waals surface area contributed by atoms with Crippen LogP contribution >= 0.6 is 0 Å². The monoisotopic (exact) mass is 194 g/mol. The van der Waals surface area contributed by atoms with Gasteiger partial charge in [0.15, 0.2) is 0 Å². The van der Waals surface area contributed by atoms with Gasteiger partial charge in [0.25, 0.3) is 0 Å². The van der Waals surface area contributed by atoms with Crippen molar-refractivity contribution in [1.29, 1.82) is 0 Å². The van der Waals surface area contributed by atoms with E-state index in [4.69, 9.17) is 9.47 Å². The van der Waals surface area contributed by atoms with Crippen LogP contribution in [0.25, 0.3) is 0 Å². The van der Waals surface area contributed by atoms with E-state index < -0.39 is 0 Å². The van der Waals surface area contributed by atoms with Gasteiger partial charge in [0.2, 0.25) is 0 Å². The standard InChI is InChI=1S/C11H16NO2/c1-8-5-6-10(13-3)9(7-12-2)11(8)14-4/h5-6,12H,1,7H2,2-4H3. The Morgan fingerprint density at radius 2 is 2.00 bits per heavy atom. The van der Waals surface area contributed by atoms with Crippen LogP contribution < -0.4 is 14.8 Å². The molecule has 0 heterocycles. The molecule has 1 radical (unpaired) electrons. The van der Waals surface area contributed by atoms with Crippen molar-refractivity contribution in [2.24, 2.45) is 0 Å². The molecule has 3 nitrogen and oxygen atoms in total. The second kappa shape index (κ2) is 4.86. The summed E-state index contributed by atoms with van der Waals surface area (Å²) in [6.07, 6.45) is 0. The predicted molar refractivity (Wildman–Crippen MR) is 56.8 cm³/mol. The molecule has 0 aliphatic carbocycles. The molecule has 77 valence electrons. The molecule has 0 atom stereocenters. The molecular formula is C11H16NO2. The SMILES string of the molecule is [CH2]c1ccc(OC)c(CNC)c1OC. The van der Waals surface area contributed by atoms with Gasteiger partial charge in [-0.3, -0.25) is 0 Å². The molecular weight excluding hydrogens is 178 g/mol. The second-order valence-electron chi connectivity index (χ2n) is 2.97. The Bertz CT molecular complexity index is 310. The maximum atomic E-state index is 5.29. The molecule has 0 aromatic heterocycles. The van der Waals surface area contributed by atoms with Crippen molar-refractivity contribution in [2.75, 3.05) is 21.3 Å². The van der Waals surface area contributed by atoms with Gasteiger partial charge in [-0.2, -0.15) is 0 Å². The maximum Gasteiger partial charge on any atom is 0.130 e. The van der Waals surface area contributed by atoms with Gasteiger partial charge in [-0.05, 0) is 25.6 Å². The van der Waals surface area contributed by atoms with E-state index >= 15 is 0 Å². The van der Waals surface area contributed by atoms with Gasteiger partial charge in [-0.25, -0.2) is 0 Å². The summed E-state index contributed by atoms with van der Waals surface area (Å²) in [5.74, 6) is 1.61. The van der Waals surface area contributed by atoms with Crippen molar-refractivity contribution in [3.05, 3.63) is 30.2 Å². The average molecular weight is 194 g/mol. The first-order chi connectivity index (χ1) is 6.74. The van der Waals surface area contributed by atoms with Crippen LogP contribution in [-0.2, 0) is 6.54 Å². The minimum absolute atomic E-state index is 0.704. The predicted octanol–water partition coefficient (Wildman–Crippen LogP) is 1.61. The van der Waals surface area contributed by atoms with Crippen molar-refractivity contribution in [2.45, 2.75) is 6.54 Å². The van der Waals surface area contributed by atoms with Gasteiger partial charge in [-0.15, -0.1) is 0 Å². The highest BCUT2D eigenvalue weighted by Gasteiger charge is 2.11. The summed E-state index contributed by atoms with van der Waals surface area (Å²) in [6, 6.07) is 3.79. The van der Waals surface area contributed by atoms with Crippen LogP contribution in [0.4, 0.5) is 0 Å². The fourth-order valence-corrected chi connectivity index (χ4v) is 1.45. The number of methoxy groups -OCH3 is 2. The zero-order valence-electron chi connectivity index (χ0n) is 8.89. The normalized spacial score (nSPS) is 10.0. The first-order valence-electron chi connectivity index (χ1n) is 4.45. The van der Waals surface area contributed by atoms with Crippen molar-refractivity contribution >= 4 is 0 Å². The topological polar surface area (TPSA) is 30.5 Å². The largest absolute Gasteiger partial charge is 0.496 e. The van der Waals surface area contributed by atoms with Crippen LogP contribution in [0.5, 0.6) is 11.5 Å². The molecule has 1 rings (SSSR count). The Kier molecular flexibility index (Phi) is 3.77. The lowest BCUT2D eigenvalue weighted by Gasteiger charge is -2.14. The first-order valence-corrected chi connectivity index (χ1v) is 4.45. The van der Waals surface area contributed by atoms with E-state index in [0.29, 0.717) is 6.54 Å². The van der Waals surface area contributed by atoms with Crippen LogP contribution in [0.15, 0.2) is 12.1 Å². The van der Waals surface area contributed by atoms with E-state index in [2.05, 4.69) is 12.2 Å². The van der Waals surface area contributed by atoms with Gasteiger partial charge in [0.05, 0.1) is 19.8 Å². The lowest BCUT2D eigenvalue weighted by molar-refractivity contribution is 0.382. The third-order valence-corrected chi connectivity index (χ3v) is 2.08. The highest BCUT2D eigenvalue weighted by molar-refractivity contribution is 5.51. The Morgan fingerprint density at radius 1 is 1.29 bits per heavy atom. The quantitative estimate of drug-likeness (QED) is 0.789. The van der Waals surface area contributed by atoms with Gasteiger partial charge < -0.3 is 14.8 Å². The molecule has 0 spiro atoms. The van der Waals surface area contributed by atoms with Gasteiger partial charge >= 0.3 is 0 Å². The number of nitrogens with one attached hydrogen (secondary N) is 1. The Morgan fingerprint density at radius 3 is 2.50 bits per heavy atom. The van der Waals surface area contributed by atoms with Crippen LogP contribution in [0, 0.1) is 6.92 Å². The number of hydrogen-bond donors (Lipinski definition) is 1. The number of rotatable bonds is 4. The van der Waals surface area contributed by atoms with E-state index in [9.17, 15) is 0 Å². The molecule has 0 saturated heterocycles. The van der Waals surface area contributed by atoms with Gasteiger partial charge in [0.1, 0.15) is 11.5 Å². The van der Waals surface area contributed by atoms with E-state index in [1.807, 2.05) is 19.2 Å².